The Balaban J connectivity index is 2.07. The molecule has 0 aromatic heterocycles. The molecule has 1 aliphatic heterocycles. The third-order valence-corrected chi connectivity index (χ3v) is 2.99. The van der Waals surface area contributed by atoms with Crippen molar-refractivity contribution >= 4 is 0 Å². The van der Waals surface area contributed by atoms with E-state index in [0.717, 1.165) is 19.4 Å². The van der Waals surface area contributed by atoms with Gasteiger partial charge in [-0.15, -0.1) is 0 Å². The summed E-state index contributed by atoms with van der Waals surface area (Å²) < 4.78 is 5.41. The average Bonchev–Trinajstić information content (AvgIpc) is 2.46. The van der Waals surface area contributed by atoms with Gasteiger partial charge in [0.25, 0.3) is 0 Å². The summed E-state index contributed by atoms with van der Waals surface area (Å²) in [5.74, 6) is 0.484. The van der Waals surface area contributed by atoms with E-state index in [-0.39, 0.29) is 24.7 Å². The first-order valence-corrected chi connectivity index (χ1v) is 4.23. The van der Waals surface area contributed by atoms with Crippen molar-refractivity contribution in [3.8, 4) is 0 Å². The summed E-state index contributed by atoms with van der Waals surface area (Å²) in [6.45, 7) is 0.907. The molecule has 2 N–H and O–H groups in total. The fourth-order valence-electron chi connectivity index (χ4n) is 2.35. The zero-order chi connectivity index (χ0) is 7.84. The highest BCUT2D eigenvalue weighted by Crippen LogP contribution is 2.40. The van der Waals surface area contributed by atoms with Gasteiger partial charge in [0.15, 0.2) is 0 Å². The normalized spacial score (nSPS) is 49.6. The number of hydrogen-bond donors (Lipinski definition) is 2. The molecule has 1 heterocycles. The van der Waals surface area contributed by atoms with Crippen LogP contribution in [0.25, 0.3) is 0 Å². The molecule has 3 nitrogen and oxygen atoms in total. The number of rotatable bonds is 1. The van der Waals surface area contributed by atoms with E-state index in [0.29, 0.717) is 5.92 Å². The van der Waals surface area contributed by atoms with Crippen LogP contribution < -0.4 is 0 Å². The molecule has 2 fully saturated rings. The van der Waals surface area contributed by atoms with E-state index in [1.165, 1.54) is 0 Å². The Labute approximate surface area is 66.0 Å². The van der Waals surface area contributed by atoms with Crippen LogP contribution in [0.1, 0.15) is 12.8 Å². The van der Waals surface area contributed by atoms with Gasteiger partial charge in [-0.05, 0) is 12.3 Å². The van der Waals surface area contributed by atoms with Crippen molar-refractivity contribution in [2.45, 2.75) is 25.0 Å². The zero-order valence-corrected chi connectivity index (χ0v) is 6.44. The standard InChI is InChI=1S/C8H14O3/c9-4-6-5-1-2-11-8(5)3-7(6)10/h5-10H,1-4H2/t5-,6-,7-,8+/m1/s1. The molecule has 0 aromatic rings. The van der Waals surface area contributed by atoms with E-state index in [1.54, 1.807) is 0 Å². The minimum atomic E-state index is -0.338. The SMILES string of the molecule is OC[C@@H]1[C@H]2CCO[C@H]2C[C@H]1O. The summed E-state index contributed by atoms with van der Waals surface area (Å²) in [5, 5.41) is 18.4. The Morgan fingerprint density at radius 3 is 3.00 bits per heavy atom. The maximum Gasteiger partial charge on any atom is 0.0633 e. The molecule has 0 spiro atoms. The van der Waals surface area contributed by atoms with Crippen molar-refractivity contribution in [3.05, 3.63) is 0 Å². The molecule has 0 aromatic carbocycles. The molecule has 2 aliphatic rings. The molecular formula is C8H14O3. The van der Waals surface area contributed by atoms with Crippen molar-refractivity contribution in [2.24, 2.45) is 11.8 Å². The van der Waals surface area contributed by atoms with Crippen molar-refractivity contribution in [3.63, 3.8) is 0 Å². The summed E-state index contributed by atoms with van der Waals surface area (Å²) in [6, 6.07) is 0. The van der Waals surface area contributed by atoms with Crippen LogP contribution in [0.4, 0.5) is 0 Å². The minimum Gasteiger partial charge on any atom is -0.396 e. The Morgan fingerprint density at radius 1 is 1.45 bits per heavy atom. The van der Waals surface area contributed by atoms with Crippen LogP contribution >= 0.6 is 0 Å². The fraction of sp³-hybridized carbons (Fsp3) is 1.00. The van der Waals surface area contributed by atoms with E-state index in [2.05, 4.69) is 0 Å². The number of aliphatic hydroxyl groups excluding tert-OH is 2. The highest BCUT2D eigenvalue weighted by atomic mass is 16.5. The predicted molar refractivity (Wildman–Crippen MR) is 39.0 cm³/mol. The van der Waals surface area contributed by atoms with Crippen LogP contribution in [0, 0.1) is 11.8 Å². The summed E-state index contributed by atoms with van der Waals surface area (Å²) in [5.41, 5.74) is 0. The third-order valence-electron chi connectivity index (χ3n) is 2.99. The molecule has 64 valence electrons. The van der Waals surface area contributed by atoms with E-state index < -0.39 is 0 Å². The first-order chi connectivity index (χ1) is 5.33. The fourth-order valence-corrected chi connectivity index (χ4v) is 2.35. The van der Waals surface area contributed by atoms with Gasteiger partial charge in [0.2, 0.25) is 0 Å². The predicted octanol–water partition coefficient (Wildman–Crippen LogP) is -0.235. The first-order valence-electron chi connectivity index (χ1n) is 4.23. The lowest BCUT2D eigenvalue weighted by molar-refractivity contribution is 0.0650. The maximum atomic E-state index is 9.45. The topological polar surface area (TPSA) is 49.7 Å². The van der Waals surface area contributed by atoms with Gasteiger partial charge < -0.3 is 14.9 Å². The average molecular weight is 158 g/mol. The molecule has 0 radical (unpaired) electrons. The molecule has 0 amide bonds. The van der Waals surface area contributed by atoms with Crippen molar-refractivity contribution in [2.75, 3.05) is 13.2 Å². The molecule has 1 saturated carbocycles. The first kappa shape index (κ1) is 7.53. The highest BCUT2D eigenvalue weighted by Gasteiger charge is 2.45. The van der Waals surface area contributed by atoms with Gasteiger partial charge in [-0.1, -0.05) is 0 Å². The third kappa shape index (κ3) is 1.08. The minimum absolute atomic E-state index is 0.0718. The Kier molecular flexibility index (Phi) is 1.87. The maximum absolute atomic E-state index is 9.45. The molecule has 3 heteroatoms. The lowest BCUT2D eigenvalue weighted by Crippen LogP contribution is -2.23. The zero-order valence-electron chi connectivity index (χ0n) is 6.44. The van der Waals surface area contributed by atoms with E-state index >= 15 is 0 Å². The summed E-state index contributed by atoms with van der Waals surface area (Å²) >= 11 is 0. The van der Waals surface area contributed by atoms with Gasteiger partial charge in [0.1, 0.15) is 0 Å². The second-order valence-electron chi connectivity index (χ2n) is 3.51. The molecule has 11 heavy (non-hydrogen) atoms. The molecule has 2 rings (SSSR count). The van der Waals surface area contributed by atoms with Crippen molar-refractivity contribution in [1.82, 2.24) is 0 Å². The van der Waals surface area contributed by atoms with E-state index in [1.807, 2.05) is 0 Å². The van der Waals surface area contributed by atoms with E-state index in [4.69, 9.17) is 9.84 Å². The monoisotopic (exact) mass is 158 g/mol. The summed E-state index contributed by atoms with van der Waals surface area (Å²) in [6.07, 6.45) is 1.61. The second-order valence-corrected chi connectivity index (χ2v) is 3.51. The quantitative estimate of drug-likeness (QED) is 0.554. The Morgan fingerprint density at radius 2 is 2.27 bits per heavy atom. The van der Waals surface area contributed by atoms with Crippen LogP contribution in [0.3, 0.4) is 0 Å². The van der Waals surface area contributed by atoms with Crippen LogP contribution in [0.2, 0.25) is 0 Å². The molecule has 4 atom stereocenters. The molecule has 0 bridgehead atoms. The lowest BCUT2D eigenvalue weighted by atomic mass is 9.93. The largest absolute Gasteiger partial charge is 0.396 e. The Hall–Kier alpha value is -0.120. The lowest BCUT2D eigenvalue weighted by Gasteiger charge is -2.16. The van der Waals surface area contributed by atoms with Gasteiger partial charge in [-0.3, -0.25) is 0 Å². The van der Waals surface area contributed by atoms with Crippen molar-refractivity contribution in [1.29, 1.82) is 0 Å². The van der Waals surface area contributed by atoms with Gasteiger partial charge in [0, 0.05) is 25.6 Å². The van der Waals surface area contributed by atoms with Gasteiger partial charge in [-0.25, -0.2) is 0 Å². The van der Waals surface area contributed by atoms with Crippen LogP contribution in [-0.4, -0.2) is 35.6 Å². The number of aliphatic hydroxyl groups is 2. The number of hydrogen-bond acceptors (Lipinski definition) is 3. The van der Waals surface area contributed by atoms with Gasteiger partial charge >= 0.3 is 0 Å². The van der Waals surface area contributed by atoms with Crippen LogP contribution in [-0.2, 0) is 4.74 Å². The molecule has 1 saturated heterocycles. The molecular weight excluding hydrogens is 144 g/mol. The van der Waals surface area contributed by atoms with Crippen molar-refractivity contribution < 1.29 is 14.9 Å². The number of ether oxygens (including phenoxy) is 1. The van der Waals surface area contributed by atoms with Crippen LogP contribution in [0.5, 0.6) is 0 Å². The second kappa shape index (κ2) is 2.73. The van der Waals surface area contributed by atoms with Gasteiger partial charge in [0.05, 0.1) is 12.2 Å². The Bertz CT molecular complexity index is 148. The summed E-state index contributed by atoms with van der Waals surface area (Å²) in [4.78, 5) is 0. The van der Waals surface area contributed by atoms with Gasteiger partial charge in [-0.2, -0.15) is 0 Å². The molecule has 0 unspecified atom stereocenters. The molecule has 1 aliphatic carbocycles. The van der Waals surface area contributed by atoms with E-state index in [9.17, 15) is 5.11 Å². The summed E-state index contributed by atoms with van der Waals surface area (Å²) in [7, 11) is 0. The van der Waals surface area contributed by atoms with Crippen LogP contribution in [0.15, 0.2) is 0 Å². The smallest absolute Gasteiger partial charge is 0.0633 e. The number of fused-ring (bicyclic) bond motifs is 1. The highest BCUT2D eigenvalue weighted by molar-refractivity contribution is 4.94.